The lowest BCUT2D eigenvalue weighted by molar-refractivity contribution is -0.141. The van der Waals surface area contributed by atoms with E-state index in [1.165, 1.54) is 55.6 Å². The quantitative estimate of drug-likeness (QED) is 0.534. The molecule has 1 N–H and O–H groups in total. The third kappa shape index (κ3) is 4.18. The van der Waals surface area contributed by atoms with Crippen LogP contribution in [-0.2, 0) is 20.8 Å². The SMILES string of the molecule is COc1ccc(S(=O)(=O)C2C(C=O)Nc3cc(C(F)(F)F)nn3C2c2ccc(Cl)cc2)cc1. The van der Waals surface area contributed by atoms with Crippen LogP contribution in [-0.4, -0.2) is 42.9 Å². The highest BCUT2D eigenvalue weighted by atomic mass is 35.5. The highest BCUT2D eigenvalue weighted by Crippen LogP contribution is 2.41. The van der Waals surface area contributed by atoms with Crippen LogP contribution in [0.25, 0.3) is 0 Å². The summed E-state index contributed by atoms with van der Waals surface area (Å²) in [6.45, 7) is 0. The molecule has 0 amide bonds. The fourth-order valence-corrected chi connectivity index (χ4v) is 5.91. The van der Waals surface area contributed by atoms with E-state index in [4.69, 9.17) is 16.3 Å². The van der Waals surface area contributed by atoms with Gasteiger partial charge in [0.1, 0.15) is 29.1 Å². The highest BCUT2D eigenvalue weighted by Gasteiger charge is 2.48. The van der Waals surface area contributed by atoms with Crippen LogP contribution in [0.3, 0.4) is 0 Å². The van der Waals surface area contributed by atoms with Crippen LogP contribution in [0, 0.1) is 0 Å². The maximum absolute atomic E-state index is 13.7. The molecule has 2 aromatic carbocycles. The Morgan fingerprint density at radius 2 is 1.76 bits per heavy atom. The van der Waals surface area contributed by atoms with E-state index in [0.717, 1.165) is 10.7 Å². The molecule has 0 saturated heterocycles. The van der Waals surface area contributed by atoms with E-state index >= 15 is 0 Å². The van der Waals surface area contributed by atoms with Crippen molar-refractivity contribution in [3.05, 3.63) is 70.9 Å². The summed E-state index contributed by atoms with van der Waals surface area (Å²) in [5, 5.41) is 5.10. The van der Waals surface area contributed by atoms with E-state index in [9.17, 15) is 26.4 Å². The Morgan fingerprint density at radius 1 is 1.12 bits per heavy atom. The summed E-state index contributed by atoms with van der Waals surface area (Å²) < 4.78 is 73.5. The first-order valence-electron chi connectivity index (χ1n) is 9.58. The molecule has 1 aromatic heterocycles. The number of alkyl halides is 3. The Morgan fingerprint density at radius 3 is 2.30 bits per heavy atom. The summed E-state index contributed by atoms with van der Waals surface area (Å²) >= 11 is 5.95. The van der Waals surface area contributed by atoms with E-state index in [1.807, 2.05) is 0 Å². The summed E-state index contributed by atoms with van der Waals surface area (Å²) in [5.74, 6) is 0.293. The standard InChI is InChI=1S/C21H17ClF3N3O4S/c1-32-14-6-8-15(9-7-14)33(30,31)20-16(11-29)26-18-10-17(21(23,24)25)27-28(18)19(20)12-2-4-13(22)5-3-12/h2-11,16,19-20,26H,1H3. The molecule has 0 spiro atoms. The first-order valence-corrected chi connectivity index (χ1v) is 11.5. The van der Waals surface area contributed by atoms with Crippen LogP contribution in [0.15, 0.2) is 59.5 Å². The summed E-state index contributed by atoms with van der Waals surface area (Å²) in [7, 11) is -2.83. The fourth-order valence-electron chi connectivity index (χ4n) is 3.83. The van der Waals surface area contributed by atoms with Gasteiger partial charge in [0.25, 0.3) is 0 Å². The predicted molar refractivity (Wildman–Crippen MR) is 114 cm³/mol. The van der Waals surface area contributed by atoms with E-state index < -0.39 is 39.0 Å². The number of rotatable bonds is 5. The number of aromatic nitrogens is 2. The molecular formula is C21H17ClF3N3O4S. The van der Waals surface area contributed by atoms with Crippen LogP contribution >= 0.6 is 11.6 Å². The number of nitrogens with zero attached hydrogens (tertiary/aromatic N) is 2. The minimum Gasteiger partial charge on any atom is -0.497 e. The van der Waals surface area contributed by atoms with Crippen molar-refractivity contribution in [3.8, 4) is 5.75 Å². The molecule has 0 saturated carbocycles. The van der Waals surface area contributed by atoms with Crippen LogP contribution in [0.5, 0.6) is 5.75 Å². The lowest BCUT2D eigenvalue weighted by atomic mass is 9.97. The number of anilines is 1. The van der Waals surface area contributed by atoms with Gasteiger partial charge >= 0.3 is 6.18 Å². The zero-order chi connectivity index (χ0) is 24.0. The topological polar surface area (TPSA) is 90.3 Å². The number of carbonyl (C=O) groups excluding carboxylic acids is 1. The molecule has 0 bridgehead atoms. The average Bonchev–Trinajstić information content (AvgIpc) is 3.23. The molecule has 2 heterocycles. The maximum Gasteiger partial charge on any atom is 0.435 e. The maximum atomic E-state index is 13.7. The number of methoxy groups -OCH3 is 1. The molecule has 12 heteroatoms. The van der Waals surface area contributed by atoms with Crippen molar-refractivity contribution < 1.29 is 31.1 Å². The van der Waals surface area contributed by atoms with Crippen LogP contribution in [0.2, 0.25) is 5.02 Å². The largest absolute Gasteiger partial charge is 0.497 e. The van der Waals surface area contributed by atoms with Gasteiger partial charge in [-0.1, -0.05) is 23.7 Å². The van der Waals surface area contributed by atoms with Gasteiger partial charge in [0.05, 0.1) is 18.0 Å². The number of hydrogen-bond acceptors (Lipinski definition) is 6. The van der Waals surface area contributed by atoms with Crippen LogP contribution in [0.4, 0.5) is 19.0 Å². The molecular weight excluding hydrogens is 483 g/mol. The van der Waals surface area contributed by atoms with Gasteiger partial charge in [0, 0.05) is 11.1 Å². The lowest BCUT2D eigenvalue weighted by Gasteiger charge is -2.37. The zero-order valence-electron chi connectivity index (χ0n) is 17.0. The van der Waals surface area contributed by atoms with E-state index in [1.54, 1.807) is 0 Å². The second-order valence-electron chi connectivity index (χ2n) is 7.34. The van der Waals surface area contributed by atoms with Gasteiger partial charge in [-0.05, 0) is 42.0 Å². The Balaban J connectivity index is 1.93. The Labute approximate surface area is 192 Å². The molecule has 174 valence electrons. The first kappa shape index (κ1) is 23.1. The molecule has 0 fully saturated rings. The lowest BCUT2D eigenvalue weighted by Crippen LogP contribution is -2.51. The van der Waals surface area contributed by atoms with Crippen molar-refractivity contribution in [3.63, 3.8) is 0 Å². The molecule has 3 atom stereocenters. The Bertz CT molecular complexity index is 1280. The third-order valence-corrected chi connectivity index (χ3v) is 7.82. The van der Waals surface area contributed by atoms with E-state index in [0.29, 0.717) is 22.6 Å². The molecule has 3 unspecified atom stereocenters. The van der Waals surface area contributed by atoms with Crippen LogP contribution < -0.4 is 10.1 Å². The van der Waals surface area contributed by atoms with Crippen molar-refractivity contribution >= 4 is 33.5 Å². The van der Waals surface area contributed by atoms with Gasteiger partial charge in [-0.2, -0.15) is 18.3 Å². The second-order valence-corrected chi connectivity index (χ2v) is 9.89. The number of carbonyl (C=O) groups is 1. The second kappa shape index (κ2) is 8.38. The number of ether oxygens (including phenoxy) is 1. The van der Waals surface area contributed by atoms with Gasteiger partial charge in [-0.15, -0.1) is 0 Å². The number of fused-ring (bicyclic) bond motifs is 1. The molecule has 1 aliphatic heterocycles. The van der Waals surface area contributed by atoms with Crippen molar-refractivity contribution in [2.45, 2.75) is 28.4 Å². The monoisotopic (exact) mass is 499 g/mol. The zero-order valence-corrected chi connectivity index (χ0v) is 18.5. The molecule has 0 aliphatic carbocycles. The Hall–Kier alpha value is -3.05. The normalized spacial score (nSPS) is 20.6. The number of hydrogen-bond donors (Lipinski definition) is 1. The molecule has 4 rings (SSSR count). The van der Waals surface area contributed by atoms with Gasteiger partial charge in [0.15, 0.2) is 15.5 Å². The average molecular weight is 500 g/mol. The van der Waals surface area contributed by atoms with Crippen molar-refractivity contribution in [1.29, 1.82) is 0 Å². The molecule has 1 aliphatic rings. The van der Waals surface area contributed by atoms with Gasteiger partial charge in [-0.3, -0.25) is 0 Å². The molecule has 7 nitrogen and oxygen atoms in total. The van der Waals surface area contributed by atoms with E-state index in [-0.39, 0.29) is 10.7 Å². The highest BCUT2D eigenvalue weighted by molar-refractivity contribution is 7.92. The molecule has 0 radical (unpaired) electrons. The minimum absolute atomic E-state index is 0.118. The number of sulfone groups is 1. The van der Waals surface area contributed by atoms with Gasteiger partial charge in [-0.25, -0.2) is 13.1 Å². The summed E-state index contributed by atoms with van der Waals surface area (Å²) in [6, 6.07) is 9.64. The number of nitrogens with one attached hydrogen (secondary N) is 1. The van der Waals surface area contributed by atoms with Crippen LogP contribution in [0.1, 0.15) is 17.3 Å². The van der Waals surface area contributed by atoms with E-state index in [2.05, 4.69) is 10.4 Å². The third-order valence-electron chi connectivity index (χ3n) is 5.37. The molecule has 33 heavy (non-hydrogen) atoms. The fraction of sp³-hybridized carbons (Fsp3) is 0.238. The van der Waals surface area contributed by atoms with Gasteiger partial charge < -0.3 is 14.8 Å². The number of benzene rings is 2. The van der Waals surface area contributed by atoms with Gasteiger partial charge in [0.2, 0.25) is 0 Å². The molecule has 3 aromatic rings. The number of halogens is 4. The predicted octanol–water partition coefficient (Wildman–Crippen LogP) is 3.99. The van der Waals surface area contributed by atoms with Crippen molar-refractivity contribution in [2.24, 2.45) is 0 Å². The Kier molecular flexibility index (Phi) is 5.87. The summed E-state index contributed by atoms with van der Waals surface area (Å²) in [6.07, 6.45) is -4.39. The summed E-state index contributed by atoms with van der Waals surface area (Å²) in [4.78, 5) is 11.9. The first-order chi connectivity index (χ1) is 15.6. The van der Waals surface area contributed by atoms with Crippen molar-refractivity contribution in [1.82, 2.24) is 9.78 Å². The minimum atomic E-state index is -4.77. The smallest absolute Gasteiger partial charge is 0.435 e. The number of aldehydes is 1. The van der Waals surface area contributed by atoms with Crippen molar-refractivity contribution in [2.75, 3.05) is 12.4 Å². The summed E-state index contributed by atoms with van der Waals surface area (Å²) in [5.41, 5.74) is -0.885.